The van der Waals surface area contributed by atoms with Crippen LogP contribution in [-0.4, -0.2) is 48.0 Å². The summed E-state index contributed by atoms with van der Waals surface area (Å²) in [5.41, 5.74) is 1.42. The molecule has 0 bridgehead atoms. The molecule has 0 radical (unpaired) electrons. The fourth-order valence-corrected chi connectivity index (χ4v) is 1.72. The summed E-state index contributed by atoms with van der Waals surface area (Å²) in [6.45, 7) is 1.46. The summed E-state index contributed by atoms with van der Waals surface area (Å²) in [5, 5.41) is 3.89. The fraction of sp³-hybridized carbons (Fsp3) is 0.333. The molecule has 7 heteroatoms. The van der Waals surface area contributed by atoms with Crippen LogP contribution in [0.25, 0.3) is 11.0 Å². The fourth-order valence-electron chi connectivity index (χ4n) is 1.72. The average molecular weight is 305 g/mol. The van der Waals surface area contributed by atoms with Crippen LogP contribution in [0, 0.1) is 0 Å². The standard InChI is InChI=1S/C12H16N4O.2ClH/c1-13-6-7-16(2)12(17)10-8-15-11-9(10)4-3-5-14-11;;/h3-5,8,13H,6-7H2,1-2H3,(H,14,15);2*1H. The van der Waals surface area contributed by atoms with Gasteiger partial charge in [0, 0.05) is 37.9 Å². The minimum Gasteiger partial charge on any atom is -0.345 e. The Kier molecular flexibility index (Phi) is 7.44. The SMILES string of the molecule is CNCCN(C)C(=O)c1c[nH]c2ncccc12.Cl.Cl. The zero-order valence-corrected chi connectivity index (χ0v) is 12.5. The zero-order chi connectivity index (χ0) is 12.3. The predicted molar refractivity (Wildman–Crippen MR) is 81.5 cm³/mol. The van der Waals surface area contributed by atoms with Crippen molar-refractivity contribution in [3.8, 4) is 0 Å². The van der Waals surface area contributed by atoms with Crippen LogP contribution >= 0.6 is 24.8 Å². The lowest BCUT2D eigenvalue weighted by molar-refractivity contribution is 0.0799. The first kappa shape index (κ1) is 17.7. The Morgan fingerprint density at radius 2 is 2.21 bits per heavy atom. The van der Waals surface area contributed by atoms with Crippen molar-refractivity contribution in [1.82, 2.24) is 20.2 Å². The number of carbonyl (C=O) groups is 1. The molecule has 2 aromatic rings. The van der Waals surface area contributed by atoms with E-state index in [9.17, 15) is 4.79 Å². The monoisotopic (exact) mass is 304 g/mol. The minimum atomic E-state index is 0. The Hall–Kier alpha value is -1.30. The number of hydrogen-bond acceptors (Lipinski definition) is 3. The third kappa shape index (κ3) is 3.83. The lowest BCUT2D eigenvalue weighted by Crippen LogP contribution is -2.32. The van der Waals surface area contributed by atoms with E-state index in [0.29, 0.717) is 12.1 Å². The topological polar surface area (TPSA) is 61.0 Å². The number of fused-ring (bicyclic) bond motifs is 1. The molecule has 19 heavy (non-hydrogen) atoms. The Bertz CT molecular complexity index is 529. The van der Waals surface area contributed by atoms with Crippen LogP contribution in [0.4, 0.5) is 0 Å². The molecule has 1 amide bonds. The summed E-state index contributed by atoms with van der Waals surface area (Å²) in [5.74, 6) is 0.0134. The Morgan fingerprint density at radius 1 is 1.47 bits per heavy atom. The molecular formula is C12H18Cl2N4O. The molecule has 0 atom stereocenters. The molecule has 0 aromatic carbocycles. The van der Waals surface area contributed by atoms with E-state index >= 15 is 0 Å². The van der Waals surface area contributed by atoms with Crippen molar-refractivity contribution in [1.29, 1.82) is 0 Å². The molecule has 0 saturated heterocycles. The van der Waals surface area contributed by atoms with E-state index in [4.69, 9.17) is 0 Å². The second-order valence-electron chi connectivity index (χ2n) is 3.93. The molecule has 2 N–H and O–H groups in total. The number of nitrogens with one attached hydrogen (secondary N) is 2. The highest BCUT2D eigenvalue weighted by molar-refractivity contribution is 6.05. The number of nitrogens with zero attached hydrogens (tertiary/aromatic N) is 2. The van der Waals surface area contributed by atoms with E-state index in [0.717, 1.165) is 17.6 Å². The van der Waals surface area contributed by atoms with E-state index < -0.39 is 0 Å². The van der Waals surface area contributed by atoms with Crippen LogP contribution < -0.4 is 5.32 Å². The van der Waals surface area contributed by atoms with Gasteiger partial charge in [-0.2, -0.15) is 0 Å². The molecule has 5 nitrogen and oxygen atoms in total. The number of hydrogen-bond donors (Lipinski definition) is 2. The van der Waals surface area contributed by atoms with Crippen LogP contribution in [0.2, 0.25) is 0 Å². The first-order chi connectivity index (χ1) is 8.24. The van der Waals surface area contributed by atoms with Gasteiger partial charge in [0.25, 0.3) is 5.91 Å². The van der Waals surface area contributed by atoms with Gasteiger partial charge in [0.15, 0.2) is 0 Å². The maximum atomic E-state index is 12.2. The summed E-state index contributed by atoms with van der Waals surface area (Å²) >= 11 is 0. The molecule has 2 aromatic heterocycles. The minimum absolute atomic E-state index is 0. The highest BCUT2D eigenvalue weighted by Crippen LogP contribution is 2.16. The third-order valence-electron chi connectivity index (χ3n) is 2.73. The normalized spacial score (nSPS) is 9.58. The lowest BCUT2D eigenvalue weighted by Gasteiger charge is -2.16. The van der Waals surface area contributed by atoms with Gasteiger partial charge in [0.05, 0.1) is 5.56 Å². The summed E-state index contributed by atoms with van der Waals surface area (Å²) < 4.78 is 0. The van der Waals surface area contributed by atoms with Crippen molar-refractivity contribution in [3.63, 3.8) is 0 Å². The van der Waals surface area contributed by atoms with Crippen LogP contribution in [-0.2, 0) is 0 Å². The van der Waals surface area contributed by atoms with Crippen molar-refractivity contribution in [2.45, 2.75) is 0 Å². The first-order valence-corrected chi connectivity index (χ1v) is 5.56. The van der Waals surface area contributed by atoms with Gasteiger partial charge in [0.1, 0.15) is 5.65 Å². The molecule has 106 valence electrons. The smallest absolute Gasteiger partial charge is 0.255 e. The van der Waals surface area contributed by atoms with Gasteiger partial charge in [-0.25, -0.2) is 4.98 Å². The van der Waals surface area contributed by atoms with Gasteiger partial charge in [-0.1, -0.05) is 0 Å². The molecule has 2 rings (SSSR count). The number of aromatic amines is 1. The molecule has 0 saturated carbocycles. The van der Waals surface area contributed by atoms with E-state index in [1.807, 2.05) is 19.2 Å². The number of H-pyrrole nitrogens is 1. The number of carbonyl (C=O) groups excluding carboxylic acids is 1. The van der Waals surface area contributed by atoms with Crippen LogP contribution in [0.5, 0.6) is 0 Å². The van der Waals surface area contributed by atoms with Gasteiger partial charge in [-0.05, 0) is 19.2 Å². The van der Waals surface area contributed by atoms with E-state index in [1.54, 1.807) is 24.3 Å². The van der Waals surface area contributed by atoms with E-state index in [1.165, 1.54) is 0 Å². The Morgan fingerprint density at radius 3 is 2.89 bits per heavy atom. The number of rotatable bonds is 4. The van der Waals surface area contributed by atoms with Crippen LogP contribution in [0.3, 0.4) is 0 Å². The molecule has 0 unspecified atom stereocenters. The highest BCUT2D eigenvalue weighted by atomic mass is 35.5. The van der Waals surface area contributed by atoms with Crippen molar-refractivity contribution in [3.05, 3.63) is 30.1 Å². The van der Waals surface area contributed by atoms with Crippen molar-refractivity contribution in [2.24, 2.45) is 0 Å². The van der Waals surface area contributed by atoms with Crippen LogP contribution in [0.15, 0.2) is 24.5 Å². The average Bonchev–Trinajstić information content (AvgIpc) is 2.78. The number of halogens is 2. The van der Waals surface area contributed by atoms with Gasteiger partial charge in [0.2, 0.25) is 0 Å². The summed E-state index contributed by atoms with van der Waals surface area (Å²) in [6, 6.07) is 3.73. The predicted octanol–water partition coefficient (Wildman–Crippen LogP) is 1.70. The van der Waals surface area contributed by atoms with Gasteiger partial charge in [-0.3, -0.25) is 4.79 Å². The molecule has 2 heterocycles. The number of pyridine rings is 1. The number of likely N-dealkylation sites (N-methyl/N-ethyl adjacent to an activating group) is 2. The van der Waals surface area contributed by atoms with E-state index in [2.05, 4.69) is 15.3 Å². The summed E-state index contributed by atoms with van der Waals surface area (Å²) in [4.78, 5) is 21.0. The first-order valence-electron chi connectivity index (χ1n) is 5.56. The summed E-state index contributed by atoms with van der Waals surface area (Å²) in [6.07, 6.45) is 3.42. The summed E-state index contributed by atoms with van der Waals surface area (Å²) in [7, 11) is 3.67. The van der Waals surface area contributed by atoms with Crippen molar-refractivity contribution in [2.75, 3.05) is 27.2 Å². The highest BCUT2D eigenvalue weighted by Gasteiger charge is 2.15. The maximum absolute atomic E-state index is 12.2. The third-order valence-corrected chi connectivity index (χ3v) is 2.73. The van der Waals surface area contributed by atoms with Crippen LogP contribution in [0.1, 0.15) is 10.4 Å². The Balaban J connectivity index is 0.00000162. The van der Waals surface area contributed by atoms with E-state index in [-0.39, 0.29) is 30.7 Å². The molecule has 0 aliphatic heterocycles. The second kappa shape index (κ2) is 7.99. The number of aromatic nitrogens is 2. The molecule has 0 aliphatic carbocycles. The van der Waals surface area contributed by atoms with Crippen molar-refractivity contribution >= 4 is 41.8 Å². The maximum Gasteiger partial charge on any atom is 0.255 e. The molecule has 0 aliphatic rings. The molecule has 0 fully saturated rings. The van der Waals surface area contributed by atoms with Gasteiger partial charge in [-0.15, -0.1) is 24.8 Å². The zero-order valence-electron chi connectivity index (χ0n) is 10.8. The lowest BCUT2D eigenvalue weighted by atomic mass is 10.2. The van der Waals surface area contributed by atoms with Crippen molar-refractivity contribution < 1.29 is 4.79 Å². The molecule has 0 spiro atoms. The number of amides is 1. The van der Waals surface area contributed by atoms with Gasteiger partial charge >= 0.3 is 0 Å². The largest absolute Gasteiger partial charge is 0.345 e. The Labute approximate surface area is 124 Å². The molecular weight excluding hydrogens is 287 g/mol. The second-order valence-corrected chi connectivity index (χ2v) is 3.93. The quantitative estimate of drug-likeness (QED) is 0.904. The van der Waals surface area contributed by atoms with Gasteiger partial charge < -0.3 is 15.2 Å².